The summed E-state index contributed by atoms with van der Waals surface area (Å²) in [5.74, 6) is -0.178. The number of nitrogens with one attached hydrogen (secondary N) is 1. The minimum atomic E-state index is -0.365. The average molecular weight is 339 g/mol. The van der Waals surface area contributed by atoms with Crippen molar-refractivity contribution in [2.24, 2.45) is 0 Å². The Morgan fingerprint density at radius 3 is 2.76 bits per heavy atom. The molecule has 0 spiro atoms. The first-order chi connectivity index (χ1) is 12.0. The van der Waals surface area contributed by atoms with Crippen molar-refractivity contribution < 1.29 is 14.3 Å². The van der Waals surface area contributed by atoms with E-state index in [1.165, 1.54) is 7.11 Å². The van der Waals surface area contributed by atoms with Gasteiger partial charge in [-0.1, -0.05) is 17.7 Å². The topological polar surface area (TPSA) is 71.5 Å². The van der Waals surface area contributed by atoms with E-state index in [9.17, 15) is 9.59 Å². The molecule has 0 saturated carbocycles. The molecular weight excluding hydrogens is 318 g/mol. The van der Waals surface area contributed by atoms with E-state index in [0.717, 1.165) is 27.9 Å². The molecule has 0 fully saturated rings. The zero-order valence-corrected chi connectivity index (χ0v) is 14.6. The van der Waals surface area contributed by atoms with Crippen LogP contribution in [0, 0.1) is 13.8 Å². The van der Waals surface area contributed by atoms with Gasteiger partial charge in [-0.25, -0.2) is 4.79 Å². The second-order valence-electron chi connectivity index (χ2n) is 6.24. The highest BCUT2D eigenvalue weighted by atomic mass is 16.5. The number of aryl methyl sites for hydroxylation is 2. The van der Waals surface area contributed by atoms with Gasteiger partial charge in [-0.15, -0.1) is 0 Å². The van der Waals surface area contributed by atoms with Crippen LogP contribution >= 0.6 is 0 Å². The lowest BCUT2D eigenvalue weighted by molar-refractivity contribution is 0.102. The second-order valence-corrected chi connectivity index (χ2v) is 6.24. The van der Waals surface area contributed by atoms with Crippen molar-refractivity contribution in [2.45, 2.75) is 26.8 Å². The highest BCUT2D eigenvalue weighted by molar-refractivity contribution is 6.05. The summed E-state index contributed by atoms with van der Waals surface area (Å²) in [6.45, 7) is 4.91. The number of ether oxygens (including phenoxy) is 1. The smallest absolute Gasteiger partial charge is 0.409 e. The maximum absolute atomic E-state index is 12.7. The number of carbonyl (C=O) groups excluding carboxylic acids is 2. The van der Waals surface area contributed by atoms with Gasteiger partial charge >= 0.3 is 6.09 Å². The summed E-state index contributed by atoms with van der Waals surface area (Å²) in [4.78, 5) is 30.2. The van der Waals surface area contributed by atoms with Crippen molar-refractivity contribution in [1.29, 1.82) is 0 Å². The quantitative estimate of drug-likeness (QED) is 0.913. The number of anilines is 1. The highest BCUT2D eigenvalue weighted by Gasteiger charge is 2.25. The first-order valence-electron chi connectivity index (χ1n) is 8.17. The molecule has 1 N–H and O–H groups in total. The summed E-state index contributed by atoms with van der Waals surface area (Å²) < 4.78 is 4.77. The Bertz CT molecular complexity index is 833. The Labute approximate surface area is 146 Å². The van der Waals surface area contributed by atoms with Crippen LogP contribution in [-0.2, 0) is 17.7 Å². The molecule has 0 unspecified atom stereocenters. The molecule has 25 heavy (non-hydrogen) atoms. The van der Waals surface area contributed by atoms with Gasteiger partial charge in [0.15, 0.2) is 0 Å². The number of rotatable bonds is 2. The summed E-state index contributed by atoms with van der Waals surface area (Å²) in [6.07, 6.45) is 3.53. The van der Waals surface area contributed by atoms with Crippen LogP contribution in [0.25, 0.3) is 0 Å². The second kappa shape index (κ2) is 6.93. The lowest BCUT2D eigenvalue weighted by Gasteiger charge is -2.28. The number of hydrogen-bond acceptors (Lipinski definition) is 4. The van der Waals surface area contributed by atoms with Gasteiger partial charge in [0, 0.05) is 24.6 Å². The third-order valence-electron chi connectivity index (χ3n) is 4.45. The van der Waals surface area contributed by atoms with Gasteiger partial charge in [0.2, 0.25) is 0 Å². The molecule has 0 atom stereocenters. The van der Waals surface area contributed by atoms with E-state index in [1.54, 1.807) is 17.3 Å². The van der Waals surface area contributed by atoms with Crippen molar-refractivity contribution in [3.8, 4) is 0 Å². The SMILES string of the molecule is COC(=O)N1CCc2c(cncc2C(=O)Nc2ccc(C)cc2C)C1. The van der Waals surface area contributed by atoms with Crippen LogP contribution < -0.4 is 5.32 Å². The van der Waals surface area contributed by atoms with Crippen molar-refractivity contribution in [1.82, 2.24) is 9.88 Å². The first-order valence-corrected chi connectivity index (χ1v) is 8.17. The van der Waals surface area contributed by atoms with Crippen LogP contribution in [0.2, 0.25) is 0 Å². The normalized spacial score (nSPS) is 13.2. The minimum absolute atomic E-state index is 0.178. The maximum Gasteiger partial charge on any atom is 0.409 e. The van der Waals surface area contributed by atoms with E-state index in [4.69, 9.17) is 4.74 Å². The zero-order valence-electron chi connectivity index (χ0n) is 14.6. The Kier molecular flexibility index (Phi) is 4.70. The number of aromatic nitrogens is 1. The Balaban J connectivity index is 1.84. The molecule has 0 aliphatic carbocycles. The van der Waals surface area contributed by atoms with Gasteiger partial charge in [-0.3, -0.25) is 9.78 Å². The maximum atomic E-state index is 12.7. The van der Waals surface area contributed by atoms with Crippen LogP contribution in [0.5, 0.6) is 0 Å². The summed E-state index contributed by atoms with van der Waals surface area (Å²) in [7, 11) is 1.36. The van der Waals surface area contributed by atoms with Crippen molar-refractivity contribution >= 4 is 17.7 Å². The molecule has 2 amide bonds. The van der Waals surface area contributed by atoms with Crippen molar-refractivity contribution in [2.75, 3.05) is 19.0 Å². The monoisotopic (exact) mass is 339 g/mol. The van der Waals surface area contributed by atoms with Gasteiger partial charge in [-0.05, 0) is 43.0 Å². The van der Waals surface area contributed by atoms with E-state index in [0.29, 0.717) is 25.1 Å². The van der Waals surface area contributed by atoms with Crippen LogP contribution in [0.3, 0.4) is 0 Å². The molecule has 3 rings (SSSR count). The van der Waals surface area contributed by atoms with Gasteiger partial charge in [0.05, 0.1) is 19.2 Å². The van der Waals surface area contributed by atoms with Crippen LogP contribution in [0.15, 0.2) is 30.6 Å². The predicted octanol–water partition coefficient (Wildman–Crippen LogP) is 3.08. The van der Waals surface area contributed by atoms with Crippen LogP contribution in [-0.4, -0.2) is 35.5 Å². The lowest BCUT2D eigenvalue weighted by Crippen LogP contribution is -2.36. The van der Waals surface area contributed by atoms with Gasteiger partial charge < -0.3 is 15.0 Å². The van der Waals surface area contributed by atoms with Gasteiger partial charge in [-0.2, -0.15) is 0 Å². The fourth-order valence-electron chi connectivity index (χ4n) is 3.12. The van der Waals surface area contributed by atoms with E-state index in [-0.39, 0.29) is 12.0 Å². The Morgan fingerprint density at radius 1 is 1.24 bits per heavy atom. The molecule has 1 aromatic heterocycles. The third kappa shape index (κ3) is 3.47. The standard InChI is InChI=1S/C19H21N3O3/c1-12-4-5-17(13(2)8-12)21-18(23)16-10-20-9-14-11-22(19(24)25-3)7-6-15(14)16/h4-5,8-10H,6-7,11H2,1-3H3,(H,21,23). The lowest BCUT2D eigenvalue weighted by atomic mass is 9.96. The molecule has 1 aliphatic rings. The third-order valence-corrected chi connectivity index (χ3v) is 4.45. The molecule has 6 heteroatoms. The largest absolute Gasteiger partial charge is 0.453 e. The molecule has 6 nitrogen and oxygen atoms in total. The van der Waals surface area contributed by atoms with Crippen LogP contribution in [0.1, 0.15) is 32.6 Å². The number of fused-ring (bicyclic) bond motifs is 1. The van der Waals surface area contributed by atoms with Crippen molar-refractivity contribution in [3.05, 3.63) is 58.4 Å². The Morgan fingerprint density at radius 2 is 2.04 bits per heavy atom. The van der Waals surface area contributed by atoms with Crippen LogP contribution in [0.4, 0.5) is 10.5 Å². The number of benzene rings is 1. The number of methoxy groups -OCH3 is 1. The number of nitrogens with zero attached hydrogens (tertiary/aromatic N) is 2. The summed E-state index contributed by atoms with van der Waals surface area (Å²) >= 11 is 0. The molecular formula is C19H21N3O3. The first kappa shape index (κ1) is 17.0. The molecule has 0 radical (unpaired) electrons. The predicted molar refractivity (Wildman–Crippen MR) is 94.6 cm³/mol. The van der Waals surface area contributed by atoms with Gasteiger partial charge in [0.25, 0.3) is 5.91 Å². The summed E-state index contributed by atoms with van der Waals surface area (Å²) in [5, 5.41) is 2.96. The average Bonchev–Trinajstić information content (AvgIpc) is 2.62. The van der Waals surface area contributed by atoms with Gasteiger partial charge in [0.1, 0.15) is 0 Å². The minimum Gasteiger partial charge on any atom is -0.453 e. The fourth-order valence-corrected chi connectivity index (χ4v) is 3.12. The van der Waals surface area contributed by atoms with E-state index < -0.39 is 0 Å². The number of pyridine rings is 1. The molecule has 1 aromatic carbocycles. The zero-order chi connectivity index (χ0) is 18.0. The molecule has 0 bridgehead atoms. The molecule has 0 saturated heterocycles. The number of carbonyl (C=O) groups is 2. The molecule has 1 aliphatic heterocycles. The number of amides is 2. The molecule has 130 valence electrons. The molecule has 2 heterocycles. The van der Waals surface area contributed by atoms with Crippen molar-refractivity contribution in [3.63, 3.8) is 0 Å². The Hall–Kier alpha value is -2.89. The highest BCUT2D eigenvalue weighted by Crippen LogP contribution is 2.24. The summed E-state index contributed by atoms with van der Waals surface area (Å²) in [5.41, 5.74) is 5.34. The summed E-state index contributed by atoms with van der Waals surface area (Å²) in [6, 6.07) is 5.91. The van der Waals surface area contributed by atoms with E-state index in [2.05, 4.69) is 10.3 Å². The number of hydrogen-bond donors (Lipinski definition) is 1. The van der Waals surface area contributed by atoms with E-state index in [1.807, 2.05) is 32.0 Å². The fraction of sp³-hybridized carbons (Fsp3) is 0.316. The van der Waals surface area contributed by atoms with E-state index >= 15 is 0 Å². The molecule has 2 aromatic rings.